The second kappa shape index (κ2) is 7.02. The highest BCUT2D eigenvalue weighted by Crippen LogP contribution is 2.47. The van der Waals surface area contributed by atoms with Crippen molar-refractivity contribution in [3.63, 3.8) is 0 Å². The highest BCUT2D eigenvalue weighted by molar-refractivity contribution is 5.75. The van der Waals surface area contributed by atoms with Gasteiger partial charge in [-0.25, -0.2) is 4.79 Å². The zero-order chi connectivity index (χ0) is 18.0. The average molecular weight is 349 g/mol. The molecule has 2 aromatic rings. The van der Waals surface area contributed by atoms with Gasteiger partial charge in [-0.2, -0.15) is 0 Å². The molecule has 0 bridgehead atoms. The fraction of sp³-hybridized carbons (Fsp3) is 0.409. The first-order valence-electron chi connectivity index (χ1n) is 9.56. The van der Waals surface area contributed by atoms with E-state index in [1.54, 1.807) is 0 Å². The molecule has 26 heavy (non-hydrogen) atoms. The van der Waals surface area contributed by atoms with Gasteiger partial charge in [0.05, 0.1) is 0 Å². The van der Waals surface area contributed by atoms with E-state index in [4.69, 9.17) is 0 Å². The number of aryl methyl sites for hydroxylation is 1. The van der Waals surface area contributed by atoms with E-state index in [0.29, 0.717) is 0 Å². The molecule has 1 saturated heterocycles. The summed E-state index contributed by atoms with van der Waals surface area (Å²) in [4.78, 5) is 16.9. The topological polar surface area (TPSA) is 35.6 Å². The van der Waals surface area contributed by atoms with Gasteiger partial charge in [0, 0.05) is 43.8 Å². The van der Waals surface area contributed by atoms with Gasteiger partial charge in [0.2, 0.25) is 0 Å². The van der Waals surface area contributed by atoms with Crippen molar-refractivity contribution in [3.8, 4) is 0 Å². The Morgan fingerprint density at radius 2 is 1.62 bits per heavy atom. The Labute approximate surface area is 155 Å². The van der Waals surface area contributed by atoms with Crippen molar-refractivity contribution < 1.29 is 4.79 Å². The van der Waals surface area contributed by atoms with Gasteiger partial charge in [0.1, 0.15) is 0 Å². The smallest absolute Gasteiger partial charge is 0.317 e. The van der Waals surface area contributed by atoms with Crippen molar-refractivity contribution in [3.05, 3.63) is 65.7 Å². The molecule has 2 fully saturated rings. The average Bonchev–Trinajstić information content (AvgIpc) is 3.49. The molecule has 0 atom stereocenters. The van der Waals surface area contributed by atoms with Crippen LogP contribution in [0.25, 0.3) is 0 Å². The van der Waals surface area contributed by atoms with Crippen molar-refractivity contribution in [1.82, 2.24) is 10.2 Å². The van der Waals surface area contributed by atoms with Crippen LogP contribution in [0, 0.1) is 6.92 Å². The summed E-state index contributed by atoms with van der Waals surface area (Å²) in [5, 5.41) is 3.19. The highest BCUT2D eigenvalue weighted by Gasteiger charge is 2.44. The van der Waals surface area contributed by atoms with Crippen LogP contribution in [0.1, 0.15) is 24.0 Å². The van der Waals surface area contributed by atoms with Crippen LogP contribution >= 0.6 is 0 Å². The van der Waals surface area contributed by atoms with Crippen molar-refractivity contribution in [2.45, 2.75) is 25.2 Å². The number of nitrogens with zero attached hydrogens (tertiary/aromatic N) is 2. The zero-order valence-corrected chi connectivity index (χ0v) is 15.4. The first-order valence-corrected chi connectivity index (χ1v) is 9.56. The van der Waals surface area contributed by atoms with E-state index in [-0.39, 0.29) is 11.4 Å². The molecule has 2 aliphatic rings. The largest absolute Gasteiger partial charge is 0.368 e. The number of carbonyl (C=O) groups excluding carboxylic acids is 1. The summed E-state index contributed by atoms with van der Waals surface area (Å²) in [6, 6.07) is 19.3. The molecule has 0 unspecified atom stereocenters. The van der Waals surface area contributed by atoms with Crippen LogP contribution in [0.2, 0.25) is 0 Å². The number of carbonyl (C=O) groups is 1. The van der Waals surface area contributed by atoms with Crippen molar-refractivity contribution in [1.29, 1.82) is 0 Å². The predicted molar refractivity (Wildman–Crippen MR) is 106 cm³/mol. The van der Waals surface area contributed by atoms with Crippen LogP contribution < -0.4 is 10.2 Å². The van der Waals surface area contributed by atoms with Gasteiger partial charge in [-0.3, -0.25) is 0 Å². The summed E-state index contributed by atoms with van der Waals surface area (Å²) in [5.74, 6) is 0. The van der Waals surface area contributed by atoms with E-state index in [1.165, 1.54) is 16.8 Å². The third kappa shape index (κ3) is 3.55. The fourth-order valence-electron chi connectivity index (χ4n) is 3.79. The van der Waals surface area contributed by atoms with E-state index >= 15 is 0 Å². The SMILES string of the molecule is Cc1ccc(C2(CNC(=O)N3CCN(c4ccccc4)CC3)CC2)cc1. The monoisotopic (exact) mass is 349 g/mol. The van der Waals surface area contributed by atoms with Gasteiger partial charge in [0.15, 0.2) is 0 Å². The van der Waals surface area contributed by atoms with E-state index in [0.717, 1.165) is 45.6 Å². The number of amides is 2. The summed E-state index contributed by atoms with van der Waals surface area (Å²) in [6.07, 6.45) is 2.33. The molecule has 136 valence electrons. The molecule has 4 heteroatoms. The Morgan fingerprint density at radius 3 is 2.23 bits per heavy atom. The summed E-state index contributed by atoms with van der Waals surface area (Å²) in [6.45, 7) is 6.19. The first-order chi connectivity index (χ1) is 12.7. The van der Waals surface area contributed by atoms with Crippen molar-refractivity contribution in [2.75, 3.05) is 37.6 Å². The van der Waals surface area contributed by atoms with Crippen molar-refractivity contribution >= 4 is 11.7 Å². The summed E-state index contributed by atoms with van der Waals surface area (Å²) >= 11 is 0. The number of benzene rings is 2. The van der Waals surface area contributed by atoms with E-state index in [2.05, 4.69) is 65.7 Å². The summed E-state index contributed by atoms with van der Waals surface area (Å²) in [7, 11) is 0. The maximum atomic E-state index is 12.6. The molecule has 4 rings (SSSR count). The van der Waals surface area contributed by atoms with Gasteiger partial charge in [-0.1, -0.05) is 48.0 Å². The van der Waals surface area contributed by atoms with Gasteiger partial charge < -0.3 is 15.1 Å². The maximum Gasteiger partial charge on any atom is 0.317 e. The zero-order valence-electron chi connectivity index (χ0n) is 15.4. The standard InChI is InChI=1S/C22H27N3O/c1-18-7-9-19(10-8-18)22(11-12-22)17-23-21(26)25-15-13-24(14-16-25)20-5-3-2-4-6-20/h2-10H,11-17H2,1H3,(H,23,26). The number of hydrogen-bond donors (Lipinski definition) is 1. The van der Waals surface area contributed by atoms with Crippen LogP contribution in [0.15, 0.2) is 54.6 Å². The Bertz CT molecular complexity index is 745. The van der Waals surface area contributed by atoms with E-state index in [1.807, 2.05) is 11.0 Å². The van der Waals surface area contributed by atoms with Crippen LogP contribution in [0.4, 0.5) is 10.5 Å². The Balaban J connectivity index is 1.29. The minimum Gasteiger partial charge on any atom is -0.368 e. The lowest BCUT2D eigenvalue weighted by Crippen LogP contribution is -2.52. The molecule has 4 nitrogen and oxygen atoms in total. The molecule has 1 aliphatic heterocycles. The van der Waals surface area contributed by atoms with E-state index < -0.39 is 0 Å². The number of urea groups is 1. The molecule has 0 spiro atoms. The highest BCUT2D eigenvalue weighted by atomic mass is 16.2. The second-order valence-corrected chi connectivity index (χ2v) is 7.61. The molecule has 1 aliphatic carbocycles. The quantitative estimate of drug-likeness (QED) is 0.916. The summed E-state index contributed by atoms with van der Waals surface area (Å²) in [5.41, 5.74) is 4.04. The molecule has 1 heterocycles. The maximum absolute atomic E-state index is 12.6. The van der Waals surface area contributed by atoms with E-state index in [9.17, 15) is 4.79 Å². The third-order valence-corrected chi connectivity index (χ3v) is 5.78. The van der Waals surface area contributed by atoms with Gasteiger partial charge in [0.25, 0.3) is 0 Å². The molecule has 1 N–H and O–H groups in total. The molecule has 0 radical (unpaired) electrons. The van der Waals surface area contributed by atoms with Gasteiger partial charge in [-0.05, 0) is 37.5 Å². The first kappa shape index (κ1) is 17.0. The molecular weight excluding hydrogens is 322 g/mol. The minimum absolute atomic E-state index is 0.0797. The van der Waals surface area contributed by atoms with Crippen LogP contribution in [-0.2, 0) is 5.41 Å². The summed E-state index contributed by atoms with van der Waals surface area (Å²) < 4.78 is 0. The number of hydrogen-bond acceptors (Lipinski definition) is 2. The minimum atomic E-state index is 0.0797. The fourth-order valence-corrected chi connectivity index (χ4v) is 3.79. The van der Waals surface area contributed by atoms with Gasteiger partial charge in [-0.15, -0.1) is 0 Å². The number of anilines is 1. The molecule has 2 aromatic carbocycles. The Kier molecular flexibility index (Phi) is 4.58. The second-order valence-electron chi connectivity index (χ2n) is 7.61. The predicted octanol–water partition coefficient (Wildman–Crippen LogP) is 3.56. The lowest BCUT2D eigenvalue weighted by molar-refractivity contribution is 0.193. The van der Waals surface area contributed by atoms with Gasteiger partial charge >= 0.3 is 6.03 Å². The van der Waals surface area contributed by atoms with Crippen LogP contribution in [0.5, 0.6) is 0 Å². The third-order valence-electron chi connectivity index (χ3n) is 5.78. The number of rotatable bonds is 4. The number of para-hydroxylation sites is 1. The molecule has 0 aromatic heterocycles. The Morgan fingerprint density at radius 1 is 0.962 bits per heavy atom. The molecule has 1 saturated carbocycles. The van der Waals surface area contributed by atoms with Crippen molar-refractivity contribution in [2.24, 2.45) is 0 Å². The Hall–Kier alpha value is -2.49. The lowest BCUT2D eigenvalue weighted by atomic mass is 9.95. The normalized spacial score (nSPS) is 18.5. The number of piperazine rings is 1. The van der Waals surface area contributed by atoms with Crippen LogP contribution in [-0.4, -0.2) is 43.7 Å². The lowest BCUT2D eigenvalue weighted by Gasteiger charge is -2.36. The van der Waals surface area contributed by atoms with Crippen LogP contribution in [0.3, 0.4) is 0 Å². The molecular formula is C22H27N3O. The number of nitrogens with one attached hydrogen (secondary N) is 1. The molecule has 2 amide bonds.